The van der Waals surface area contributed by atoms with Crippen LogP contribution in [0.15, 0.2) is 6.07 Å². The van der Waals surface area contributed by atoms with E-state index in [1.807, 2.05) is 20.8 Å². The summed E-state index contributed by atoms with van der Waals surface area (Å²) in [5.41, 5.74) is 0.730. The Morgan fingerprint density at radius 1 is 1.39 bits per heavy atom. The first-order chi connectivity index (χ1) is 8.58. The highest BCUT2D eigenvalue weighted by Crippen LogP contribution is 2.21. The fourth-order valence-electron chi connectivity index (χ4n) is 1.65. The average molecular weight is 252 g/mol. The third-order valence-corrected chi connectivity index (χ3v) is 2.49. The van der Waals surface area contributed by atoms with E-state index >= 15 is 0 Å². The molecule has 1 unspecified atom stereocenters. The van der Waals surface area contributed by atoms with Gasteiger partial charge in [-0.05, 0) is 19.8 Å². The van der Waals surface area contributed by atoms with Crippen LogP contribution in [0.25, 0.3) is 0 Å². The van der Waals surface area contributed by atoms with Gasteiger partial charge < -0.3 is 9.84 Å². The minimum absolute atomic E-state index is 0.343. The molecule has 1 aromatic rings. The van der Waals surface area contributed by atoms with E-state index in [2.05, 4.69) is 9.97 Å². The summed E-state index contributed by atoms with van der Waals surface area (Å²) in [5.74, 6) is -0.736. The van der Waals surface area contributed by atoms with Crippen molar-refractivity contribution < 1.29 is 14.6 Å². The summed E-state index contributed by atoms with van der Waals surface area (Å²) in [7, 11) is 0. The monoisotopic (exact) mass is 252 g/mol. The minimum atomic E-state index is -0.885. The summed E-state index contributed by atoms with van der Waals surface area (Å²) >= 11 is 0. The molecule has 1 heterocycles. The zero-order valence-corrected chi connectivity index (χ0v) is 11.1. The standard InChI is InChI=1S/C13H20N2O3/c1-4-6-10(13(16)17)12-14-9(3)8-11(15-12)18-7-5-2/h8,10H,4-7H2,1-3H3,(H,16,17). The number of carbonyl (C=O) groups is 1. The number of hydrogen-bond acceptors (Lipinski definition) is 4. The molecule has 0 amide bonds. The Kier molecular flexibility index (Phi) is 5.55. The number of rotatable bonds is 7. The fraction of sp³-hybridized carbons (Fsp3) is 0.615. The Hall–Kier alpha value is -1.65. The molecule has 18 heavy (non-hydrogen) atoms. The van der Waals surface area contributed by atoms with E-state index in [0.29, 0.717) is 24.7 Å². The molecule has 0 bridgehead atoms. The number of ether oxygens (including phenoxy) is 1. The Balaban J connectivity index is 2.98. The van der Waals surface area contributed by atoms with E-state index in [9.17, 15) is 9.90 Å². The van der Waals surface area contributed by atoms with Crippen molar-refractivity contribution >= 4 is 5.97 Å². The zero-order valence-electron chi connectivity index (χ0n) is 11.1. The number of aliphatic carboxylic acids is 1. The molecule has 100 valence electrons. The largest absolute Gasteiger partial charge is 0.481 e. The van der Waals surface area contributed by atoms with E-state index in [1.165, 1.54) is 0 Å². The molecule has 5 nitrogen and oxygen atoms in total. The molecule has 1 N–H and O–H groups in total. The van der Waals surface area contributed by atoms with Crippen molar-refractivity contribution in [2.45, 2.75) is 46.0 Å². The van der Waals surface area contributed by atoms with Gasteiger partial charge in [0.05, 0.1) is 6.61 Å². The Bertz CT molecular complexity index is 407. The molecule has 0 saturated carbocycles. The van der Waals surface area contributed by atoms with Gasteiger partial charge in [0.1, 0.15) is 11.7 Å². The van der Waals surface area contributed by atoms with Crippen molar-refractivity contribution in [1.29, 1.82) is 0 Å². The van der Waals surface area contributed by atoms with Crippen LogP contribution in [-0.2, 0) is 4.79 Å². The highest BCUT2D eigenvalue weighted by molar-refractivity contribution is 5.74. The molecule has 0 aliphatic heterocycles. The van der Waals surface area contributed by atoms with Gasteiger partial charge in [-0.2, -0.15) is 4.98 Å². The smallest absolute Gasteiger partial charge is 0.314 e. The lowest BCUT2D eigenvalue weighted by Crippen LogP contribution is -2.16. The van der Waals surface area contributed by atoms with Crippen LogP contribution in [0.4, 0.5) is 0 Å². The number of carboxylic acid groups (broad SMARTS) is 1. The molecule has 0 aromatic carbocycles. The first kappa shape index (κ1) is 14.4. The molecule has 1 aromatic heterocycles. The van der Waals surface area contributed by atoms with Crippen LogP contribution in [0.1, 0.15) is 50.5 Å². The summed E-state index contributed by atoms with van der Waals surface area (Å²) in [6, 6.07) is 1.73. The summed E-state index contributed by atoms with van der Waals surface area (Å²) in [5, 5.41) is 9.19. The summed E-state index contributed by atoms with van der Waals surface area (Å²) < 4.78 is 5.44. The second kappa shape index (κ2) is 6.93. The molecular formula is C13H20N2O3. The third kappa shape index (κ3) is 3.98. The molecular weight excluding hydrogens is 232 g/mol. The quantitative estimate of drug-likeness (QED) is 0.807. The van der Waals surface area contributed by atoms with E-state index < -0.39 is 11.9 Å². The van der Waals surface area contributed by atoms with Crippen LogP contribution >= 0.6 is 0 Å². The predicted octanol–water partition coefficient (Wildman–Crippen LogP) is 2.54. The number of aryl methyl sites for hydroxylation is 1. The first-order valence-electron chi connectivity index (χ1n) is 6.29. The Labute approximate surface area is 107 Å². The SMILES string of the molecule is CCCOc1cc(C)nc(C(CCC)C(=O)O)n1. The van der Waals surface area contributed by atoms with E-state index in [-0.39, 0.29) is 0 Å². The van der Waals surface area contributed by atoms with Crippen molar-refractivity contribution in [3.8, 4) is 5.88 Å². The number of aromatic nitrogens is 2. The molecule has 0 radical (unpaired) electrons. The van der Waals surface area contributed by atoms with Gasteiger partial charge in [0.2, 0.25) is 5.88 Å². The van der Waals surface area contributed by atoms with Crippen LogP contribution in [0.5, 0.6) is 5.88 Å². The van der Waals surface area contributed by atoms with Gasteiger partial charge in [0, 0.05) is 11.8 Å². The van der Waals surface area contributed by atoms with Crippen LogP contribution in [-0.4, -0.2) is 27.7 Å². The summed E-state index contributed by atoms with van der Waals surface area (Å²) in [6.45, 7) is 6.34. The molecule has 0 saturated heterocycles. The van der Waals surface area contributed by atoms with Crippen molar-refractivity contribution in [2.75, 3.05) is 6.61 Å². The fourth-order valence-corrected chi connectivity index (χ4v) is 1.65. The van der Waals surface area contributed by atoms with Gasteiger partial charge in [-0.3, -0.25) is 4.79 Å². The minimum Gasteiger partial charge on any atom is -0.481 e. The van der Waals surface area contributed by atoms with E-state index in [4.69, 9.17) is 4.74 Å². The first-order valence-corrected chi connectivity index (χ1v) is 6.29. The number of carboxylic acids is 1. The van der Waals surface area contributed by atoms with Crippen molar-refractivity contribution in [1.82, 2.24) is 9.97 Å². The highest BCUT2D eigenvalue weighted by atomic mass is 16.5. The van der Waals surface area contributed by atoms with Gasteiger partial charge in [-0.15, -0.1) is 0 Å². The van der Waals surface area contributed by atoms with Gasteiger partial charge in [0.15, 0.2) is 0 Å². The van der Waals surface area contributed by atoms with Gasteiger partial charge in [0.25, 0.3) is 0 Å². The van der Waals surface area contributed by atoms with Gasteiger partial charge in [-0.25, -0.2) is 4.98 Å². The number of hydrogen-bond donors (Lipinski definition) is 1. The zero-order chi connectivity index (χ0) is 13.5. The van der Waals surface area contributed by atoms with Crippen molar-refractivity contribution in [3.63, 3.8) is 0 Å². The van der Waals surface area contributed by atoms with Crippen LogP contribution in [0, 0.1) is 6.92 Å². The Morgan fingerprint density at radius 2 is 2.11 bits per heavy atom. The average Bonchev–Trinajstić information content (AvgIpc) is 2.32. The van der Waals surface area contributed by atoms with E-state index in [0.717, 1.165) is 18.5 Å². The molecule has 5 heteroatoms. The third-order valence-electron chi connectivity index (χ3n) is 2.49. The maximum Gasteiger partial charge on any atom is 0.314 e. The molecule has 1 atom stereocenters. The molecule has 0 aliphatic rings. The molecule has 0 fully saturated rings. The second-order valence-corrected chi connectivity index (χ2v) is 4.23. The maximum absolute atomic E-state index is 11.2. The molecule has 0 aliphatic carbocycles. The predicted molar refractivity (Wildman–Crippen MR) is 67.8 cm³/mol. The maximum atomic E-state index is 11.2. The van der Waals surface area contributed by atoms with Crippen LogP contribution < -0.4 is 4.74 Å². The summed E-state index contributed by atoms with van der Waals surface area (Å²) in [6.07, 6.45) is 2.20. The van der Waals surface area contributed by atoms with Gasteiger partial charge in [-0.1, -0.05) is 20.3 Å². The lowest BCUT2D eigenvalue weighted by Gasteiger charge is -2.12. The lowest BCUT2D eigenvalue weighted by molar-refractivity contribution is -0.139. The molecule has 0 spiro atoms. The highest BCUT2D eigenvalue weighted by Gasteiger charge is 2.22. The normalized spacial score (nSPS) is 12.2. The Morgan fingerprint density at radius 3 is 2.67 bits per heavy atom. The molecule has 1 rings (SSSR count). The number of nitrogens with zero attached hydrogens (tertiary/aromatic N) is 2. The van der Waals surface area contributed by atoms with Crippen molar-refractivity contribution in [2.24, 2.45) is 0 Å². The lowest BCUT2D eigenvalue weighted by atomic mass is 10.0. The van der Waals surface area contributed by atoms with Crippen molar-refractivity contribution in [3.05, 3.63) is 17.6 Å². The van der Waals surface area contributed by atoms with Crippen LogP contribution in [0.2, 0.25) is 0 Å². The van der Waals surface area contributed by atoms with Crippen LogP contribution in [0.3, 0.4) is 0 Å². The topological polar surface area (TPSA) is 72.3 Å². The van der Waals surface area contributed by atoms with Gasteiger partial charge >= 0.3 is 5.97 Å². The summed E-state index contributed by atoms with van der Waals surface area (Å²) in [4.78, 5) is 19.6. The van der Waals surface area contributed by atoms with E-state index in [1.54, 1.807) is 6.07 Å². The second-order valence-electron chi connectivity index (χ2n) is 4.23.